The predicted molar refractivity (Wildman–Crippen MR) is 150 cm³/mol. The molecule has 0 amide bonds. The first-order valence-electron chi connectivity index (χ1n) is 15.0. The normalized spacial score (nSPS) is 46.2. The number of Topliss-reactive ketones (excluding diaryl/α,β-unsaturated/α-hetero) is 1. The van der Waals surface area contributed by atoms with Crippen molar-refractivity contribution in [1.29, 1.82) is 0 Å². The van der Waals surface area contributed by atoms with Gasteiger partial charge in [-0.25, -0.2) is 0 Å². The lowest BCUT2D eigenvalue weighted by molar-refractivity contribution is -0.155. The number of ether oxygens (including phenoxy) is 1. The molecular weight excluding hydrogens is 456 g/mol. The van der Waals surface area contributed by atoms with Crippen LogP contribution >= 0.6 is 0 Å². The molecule has 0 N–H and O–H groups in total. The van der Waals surface area contributed by atoms with Gasteiger partial charge >= 0.3 is 0 Å². The lowest BCUT2D eigenvalue weighted by atomic mass is 9.41. The molecule has 3 heteroatoms. The molecular formula is C34H50O3. The Morgan fingerprint density at radius 3 is 2.41 bits per heavy atom. The van der Waals surface area contributed by atoms with E-state index in [0.29, 0.717) is 29.8 Å². The Bertz CT molecular complexity index is 1110. The smallest absolute Gasteiger partial charge is 0.159 e. The number of carbonyl (C=O) groups excluding carboxylic acids is 2. The Labute approximate surface area is 225 Å². The number of ketones is 2. The zero-order chi connectivity index (χ0) is 27.3. The van der Waals surface area contributed by atoms with Crippen LogP contribution in [0.25, 0.3) is 0 Å². The van der Waals surface area contributed by atoms with E-state index < -0.39 is 5.41 Å². The van der Waals surface area contributed by atoms with Gasteiger partial charge in [-0.15, -0.1) is 0 Å². The van der Waals surface area contributed by atoms with Gasteiger partial charge < -0.3 is 4.74 Å². The maximum Gasteiger partial charge on any atom is 0.159 e. The maximum atomic E-state index is 14.5. The maximum absolute atomic E-state index is 14.5. The first-order chi connectivity index (χ1) is 17.1. The molecule has 5 aliphatic rings. The van der Waals surface area contributed by atoms with E-state index in [-0.39, 0.29) is 40.1 Å². The second kappa shape index (κ2) is 8.43. The monoisotopic (exact) mass is 506 g/mol. The second-order valence-corrected chi connectivity index (χ2v) is 14.9. The van der Waals surface area contributed by atoms with E-state index in [0.717, 1.165) is 44.3 Å². The average Bonchev–Trinajstić information content (AvgIpc) is 3.12. The van der Waals surface area contributed by atoms with Crippen LogP contribution in [0, 0.1) is 51.2 Å². The molecule has 3 saturated carbocycles. The Hall–Kier alpha value is -1.64. The highest BCUT2D eigenvalue weighted by atomic mass is 16.5. The van der Waals surface area contributed by atoms with E-state index in [1.165, 1.54) is 16.7 Å². The molecule has 1 unspecified atom stereocenters. The molecule has 4 aliphatic carbocycles. The highest BCUT2D eigenvalue weighted by Crippen LogP contribution is 2.72. The van der Waals surface area contributed by atoms with E-state index in [4.69, 9.17) is 4.74 Å². The van der Waals surface area contributed by atoms with E-state index in [1.54, 1.807) is 0 Å². The second-order valence-electron chi connectivity index (χ2n) is 14.9. The summed E-state index contributed by atoms with van der Waals surface area (Å²) in [6, 6.07) is 0. The first-order valence-corrected chi connectivity index (χ1v) is 15.0. The minimum atomic E-state index is -0.497. The van der Waals surface area contributed by atoms with E-state index in [2.05, 4.69) is 68.9 Å². The summed E-state index contributed by atoms with van der Waals surface area (Å²) < 4.78 is 6.50. The minimum Gasteiger partial charge on any atom is -0.490 e. The van der Waals surface area contributed by atoms with Gasteiger partial charge in [0.15, 0.2) is 5.78 Å². The van der Waals surface area contributed by atoms with Crippen LogP contribution in [-0.2, 0) is 14.3 Å². The number of hydrogen-bond acceptors (Lipinski definition) is 3. The van der Waals surface area contributed by atoms with Crippen molar-refractivity contribution in [3.05, 3.63) is 35.1 Å². The van der Waals surface area contributed by atoms with Crippen LogP contribution in [0.3, 0.4) is 0 Å². The van der Waals surface area contributed by atoms with Crippen molar-refractivity contribution in [1.82, 2.24) is 0 Å². The fourth-order valence-electron chi connectivity index (χ4n) is 10.1. The SMILES string of the molecule is C=C1O[C@@H](C(C)(C)[C@H]2CC[C@@]3(C)C4=CC(=O)[C@@H]5C[C@@H](C)[C@@H](C)C[C@]5(C)C4CC(=O)[C@]23C)CC(CC)=C1C. The highest BCUT2D eigenvalue weighted by Gasteiger charge is 2.70. The van der Waals surface area contributed by atoms with Crippen molar-refractivity contribution in [2.24, 2.45) is 51.2 Å². The summed E-state index contributed by atoms with van der Waals surface area (Å²) in [6.45, 7) is 24.8. The lowest BCUT2D eigenvalue weighted by Gasteiger charge is -2.61. The molecule has 0 spiro atoms. The largest absolute Gasteiger partial charge is 0.490 e. The molecule has 0 bridgehead atoms. The lowest BCUT2D eigenvalue weighted by Crippen LogP contribution is -2.60. The Morgan fingerprint density at radius 2 is 1.76 bits per heavy atom. The number of rotatable bonds is 3. The summed E-state index contributed by atoms with van der Waals surface area (Å²) in [5.41, 5.74) is 2.84. The van der Waals surface area contributed by atoms with Crippen LogP contribution in [-0.4, -0.2) is 17.7 Å². The van der Waals surface area contributed by atoms with Crippen LogP contribution in [0.4, 0.5) is 0 Å². The number of fused-ring (bicyclic) bond motifs is 5. The third-order valence-electron chi connectivity index (χ3n) is 13.2. The van der Waals surface area contributed by atoms with E-state index >= 15 is 0 Å². The van der Waals surface area contributed by atoms with Crippen LogP contribution in [0.5, 0.6) is 0 Å². The first kappa shape index (κ1) is 26.9. The van der Waals surface area contributed by atoms with Gasteiger partial charge in [0.2, 0.25) is 0 Å². The number of carbonyl (C=O) groups is 2. The molecule has 9 atom stereocenters. The molecule has 0 aromatic heterocycles. The van der Waals surface area contributed by atoms with Crippen molar-refractivity contribution in [2.45, 2.75) is 113 Å². The fourth-order valence-corrected chi connectivity index (χ4v) is 10.1. The van der Waals surface area contributed by atoms with Gasteiger partial charge in [-0.05, 0) is 79.8 Å². The zero-order valence-corrected chi connectivity index (χ0v) is 24.9. The molecule has 1 heterocycles. The standard InChI is InChI=1S/C34H50O3/c1-11-23-15-30(37-22(5)21(23)4)31(6,7)28-12-13-33(9)25-16-27(35)26-14-19(2)20(3)18-32(26,8)24(25)17-29(36)34(28,33)10/h16,19-20,24,26,28,30H,5,11-15,17-18H2,1-4,6-10H3/t19-,20+,24?,26+,28-,30-,32-,33+,34+/m1/s1. The average molecular weight is 507 g/mol. The van der Waals surface area contributed by atoms with Crippen LogP contribution in [0.2, 0.25) is 0 Å². The van der Waals surface area contributed by atoms with Crippen LogP contribution in [0.1, 0.15) is 107 Å². The van der Waals surface area contributed by atoms with Crippen molar-refractivity contribution < 1.29 is 14.3 Å². The summed E-state index contributed by atoms with van der Waals surface area (Å²) in [5, 5.41) is 0. The summed E-state index contributed by atoms with van der Waals surface area (Å²) in [6.07, 6.45) is 8.53. The fraction of sp³-hybridized carbons (Fsp3) is 0.765. The van der Waals surface area contributed by atoms with Gasteiger partial charge in [-0.2, -0.15) is 0 Å². The van der Waals surface area contributed by atoms with E-state index in [1.807, 2.05) is 6.08 Å². The van der Waals surface area contributed by atoms with Gasteiger partial charge in [0.25, 0.3) is 0 Å². The number of hydrogen-bond donors (Lipinski definition) is 0. The summed E-state index contributed by atoms with van der Waals surface area (Å²) >= 11 is 0. The third-order valence-corrected chi connectivity index (χ3v) is 13.2. The molecule has 0 aromatic carbocycles. The van der Waals surface area contributed by atoms with E-state index in [9.17, 15) is 9.59 Å². The topological polar surface area (TPSA) is 43.4 Å². The third kappa shape index (κ3) is 3.43. The van der Waals surface area contributed by atoms with Crippen molar-refractivity contribution >= 4 is 11.6 Å². The molecule has 0 aromatic rings. The molecule has 37 heavy (non-hydrogen) atoms. The summed E-state index contributed by atoms with van der Waals surface area (Å²) in [5.74, 6) is 3.14. The molecule has 0 saturated heterocycles. The Kier molecular flexibility index (Phi) is 6.14. The Morgan fingerprint density at radius 1 is 1.08 bits per heavy atom. The molecule has 1 aliphatic heterocycles. The van der Waals surface area contributed by atoms with Gasteiger partial charge in [-0.3, -0.25) is 9.59 Å². The van der Waals surface area contributed by atoms with Crippen molar-refractivity contribution in [2.75, 3.05) is 0 Å². The summed E-state index contributed by atoms with van der Waals surface area (Å²) in [7, 11) is 0. The van der Waals surface area contributed by atoms with Crippen LogP contribution < -0.4 is 0 Å². The van der Waals surface area contributed by atoms with Gasteiger partial charge in [0, 0.05) is 35.0 Å². The van der Waals surface area contributed by atoms with Gasteiger partial charge in [0.05, 0.1) is 0 Å². The highest BCUT2D eigenvalue weighted by molar-refractivity contribution is 5.97. The molecule has 0 radical (unpaired) electrons. The molecule has 3 nitrogen and oxygen atoms in total. The quantitative estimate of drug-likeness (QED) is 0.387. The Balaban J connectivity index is 1.55. The van der Waals surface area contributed by atoms with Crippen molar-refractivity contribution in [3.63, 3.8) is 0 Å². The molecule has 3 fully saturated rings. The molecule has 5 rings (SSSR count). The molecule has 204 valence electrons. The zero-order valence-electron chi connectivity index (χ0n) is 24.9. The number of allylic oxidation sites excluding steroid dienone is 3. The van der Waals surface area contributed by atoms with Gasteiger partial charge in [0.1, 0.15) is 17.6 Å². The van der Waals surface area contributed by atoms with Crippen molar-refractivity contribution in [3.8, 4) is 0 Å². The predicted octanol–water partition coefficient (Wildman–Crippen LogP) is 8.25. The van der Waals surface area contributed by atoms with Gasteiger partial charge in [-0.1, -0.05) is 73.1 Å². The summed E-state index contributed by atoms with van der Waals surface area (Å²) in [4.78, 5) is 28.2. The van der Waals surface area contributed by atoms with Crippen LogP contribution in [0.15, 0.2) is 35.1 Å². The minimum absolute atomic E-state index is 0.0119.